The van der Waals surface area contributed by atoms with Gasteiger partial charge in [-0.25, -0.2) is 13.1 Å². The molecule has 0 aliphatic carbocycles. The number of nitrogens with one attached hydrogen (secondary N) is 1. The van der Waals surface area contributed by atoms with Crippen molar-refractivity contribution in [3.05, 3.63) is 47.1 Å². The molecule has 9 heteroatoms. The van der Waals surface area contributed by atoms with E-state index >= 15 is 0 Å². The maximum absolute atomic E-state index is 11.7. The Morgan fingerprint density at radius 1 is 1.21 bits per heavy atom. The molecule has 7 nitrogen and oxygen atoms in total. The van der Waals surface area contributed by atoms with Crippen molar-refractivity contribution >= 4 is 38.9 Å². The number of carbonyl (C=O) groups is 1. The van der Waals surface area contributed by atoms with Gasteiger partial charge in [0.2, 0.25) is 10.0 Å². The van der Waals surface area contributed by atoms with E-state index in [9.17, 15) is 13.2 Å². The van der Waals surface area contributed by atoms with Crippen LogP contribution in [0.4, 0.5) is 0 Å². The molecule has 0 radical (unpaired) electrons. The van der Waals surface area contributed by atoms with Crippen molar-refractivity contribution in [2.75, 3.05) is 7.05 Å². The molecule has 1 aliphatic heterocycles. The maximum Gasteiger partial charge on any atom is 0.286 e. The lowest BCUT2D eigenvalue weighted by atomic mass is 10.2. The van der Waals surface area contributed by atoms with E-state index in [0.29, 0.717) is 16.4 Å². The van der Waals surface area contributed by atoms with Gasteiger partial charge in [-0.1, -0.05) is 0 Å². The summed E-state index contributed by atoms with van der Waals surface area (Å²) in [6, 6.07) is 9.73. The Bertz CT molecular complexity index is 957. The maximum atomic E-state index is 11.7. The number of hydrogen-bond acceptors (Lipinski definition) is 6. The largest absolute Gasteiger partial charge is 0.457 e. The van der Waals surface area contributed by atoms with Crippen LogP contribution in [0, 0.1) is 0 Å². The number of furan rings is 1. The number of nitrogens with zero attached hydrogens (tertiary/aromatic N) is 1. The van der Waals surface area contributed by atoms with E-state index in [4.69, 9.17) is 10.2 Å². The van der Waals surface area contributed by atoms with Gasteiger partial charge in [-0.15, -0.1) is 0 Å². The van der Waals surface area contributed by atoms with Gasteiger partial charge in [0.1, 0.15) is 11.5 Å². The van der Waals surface area contributed by atoms with Gasteiger partial charge in [0, 0.05) is 11.6 Å². The third-order valence-corrected chi connectivity index (χ3v) is 5.50. The number of sulfonamides is 1. The van der Waals surface area contributed by atoms with Crippen LogP contribution in [0.1, 0.15) is 5.76 Å². The number of benzene rings is 1. The quantitative estimate of drug-likeness (QED) is 0.800. The molecular weight excluding hydrogens is 350 g/mol. The molecule has 1 amide bonds. The summed E-state index contributed by atoms with van der Waals surface area (Å²) in [5.41, 5.74) is 6.21. The van der Waals surface area contributed by atoms with Crippen molar-refractivity contribution in [2.24, 2.45) is 10.7 Å². The average molecular weight is 363 g/mol. The van der Waals surface area contributed by atoms with Crippen LogP contribution >= 0.6 is 11.8 Å². The molecule has 0 spiro atoms. The van der Waals surface area contributed by atoms with Crippen molar-refractivity contribution in [1.29, 1.82) is 0 Å². The molecule has 1 aromatic carbocycles. The molecule has 1 aromatic heterocycles. The van der Waals surface area contributed by atoms with Gasteiger partial charge in [0.05, 0.1) is 9.80 Å². The molecule has 3 N–H and O–H groups in total. The average Bonchev–Trinajstić information content (AvgIpc) is 3.14. The van der Waals surface area contributed by atoms with Gasteiger partial charge in [-0.05, 0) is 55.2 Å². The van der Waals surface area contributed by atoms with E-state index in [2.05, 4.69) is 9.71 Å². The second-order valence-corrected chi connectivity index (χ2v) is 7.75. The summed E-state index contributed by atoms with van der Waals surface area (Å²) >= 11 is 1.09. The van der Waals surface area contributed by atoms with E-state index < -0.39 is 15.9 Å². The van der Waals surface area contributed by atoms with E-state index in [1.165, 1.54) is 19.2 Å². The Labute approximate surface area is 142 Å². The molecule has 0 atom stereocenters. The summed E-state index contributed by atoms with van der Waals surface area (Å²) in [6.07, 6.45) is 1.57. The number of thioether (sulfide) groups is 1. The van der Waals surface area contributed by atoms with Crippen LogP contribution in [0.3, 0.4) is 0 Å². The van der Waals surface area contributed by atoms with Crippen molar-refractivity contribution in [1.82, 2.24) is 4.72 Å². The minimum atomic E-state index is -3.47. The Morgan fingerprint density at radius 2 is 1.92 bits per heavy atom. The highest BCUT2D eigenvalue weighted by atomic mass is 32.2. The minimum absolute atomic E-state index is 0.170. The van der Waals surface area contributed by atoms with Gasteiger partial charge in [-0.2, -0.15) is 4.99 Å². The molecule has 3 rings (SSSR count). The molecule has 0 saturated carbocycles. The van der Waals surface area contributed by atoms with Crippen LogP contribution in [-0.4, -0.2) is 26.5 Å². The highest BCUT2D eigenvalue weighted by molar-refractivity contribution is 8.18. The zero-order chi connectivity index (χ0) is 17.3. The van der Waals surface area contributed by atoms with Crippen molar-refractivity contribution < 1.29 is 17.6 Å². The Balaban J connectivity index is 1.84. The number of amides is 1. The lowest BCUT2D eigenvalue weighted by molar-refractivity contribution is -0.113. The summed E-state index contributed by atoms with van der Waals surface area (Å²) in [5, 5.41) is 0.208. The predicted molar refractivity (Wildman–Crippen MR) is 92.6 cm³/mol. The van der Waals surface area contributed by atoms with Crippen LogP contribution in [0.25, 0.3) is 17.4 Å². The van der Waals surface area contributed by atoms with Crippen LogP contribution < -0.4 is 10.5 Å². The van der Waals surface area contributed by atoms with Gasteiger partial charge < -0.3 is 10.2 Å². The second kappa shape index (κ2) is 6.27. The van der Waals surface area contributed by atoms with Crippen molar-refractivity contribution in [3.8, 4) is 11.3 Å². The monoisotopic (exact) mass is 363 g/mol. The van der Waals surface area contributed by atoms with Gasteiger partial charge >= 0.3 is 0 Å². The lowest BCUT2D eigenvalue weighted by Crippen LogP contribution is -2.18. The van der Waals surface area contributed by atoms with E-state index in [-0.39, 0.29) is 10.1 Å². The molecule has 0 unspecified atom stereocenters. The zero-order valence-corrected chi connectivity index (χ0v) is 14.1. The molecule has 0 saturated heterocycles. The second-order valence-electron chi connectivity index (χ2n) is 4.80. The van der Waals surface area contributed by atoms with E-state index in [0.717, 1.165) is 17.3 Å². The fourth-order valence-corrected chi connectivity index (χ4v) is 3.45. The van der Waals surface area contributed by atoms with Crippen LogP contribution in [-0.2, 0) is 14.8 Å². The zero-order valence-electron chi connectivity index (χ0n) is 12.5. The van der Waals surface area contributed by atoms with Gasteiger partial charge in [0.25, 0.3) is 5.91 Å². The van der Waals surface area contributed by atoms with Gasteiger partial charge in [0.15, 0.2) is 5.17 Å². The number of aliphatic imine (C=N–C) groups is 1. The van der Waals surface area contributed by atoms with Gasteiger partial charge in [-0.3, -0.25) is 4.79 Å². The minimum Gasteiger partial charge on any atom is -0.457 e. The molecular formula is C15H13N3O4S2. The first kappa shape index (κ1) is 16.5. The number of carbonyl (C=O) groups excluding carboxylic acids is 1. The standard InChI is InChI=1S/C15H13N3O4S2/c1-17-24(20,21)11-5-2-9(3-6-11)12-7-4-10(22-12)8-13-14(19)18-15(16)23-13/h2-8,17H,1H3,(H2,16,18,19)/b13-8-. The number of hydrogen-bond donors (Lipinski definition) is 2. The van der Waals surface area contributed by atoms with Crippen molar-refractivity contribution in [2.45, 2.75) is 4.90 Å². The fraction of sp³-hybridized carbons (Fsp3) is 0.0667. The third-order valence-electron chi connectivity index (χ3n) is 3.26. The lowest BCUT2D eigenvalue weighted by Gasteiger charge is -2.03. The molecule has 1 aliphatic rings. The number of amidine groups is 1. The van der Waals surface area contributed by atoms with E-state index in [1.54, 1.807) is 30.3 Å². The molecule has 24 heavy (non-hydrogen) atoms. The Hall–Kier alpha value is -2.36. The molecule has 0 bridgehead atoms. The van der Waals surface area contributed by atoms with E-state index in [1.807, 2.05) is 0 Å². The molecule has 2 aromatic rings. The molecule has 0 fully saturated rings. The number of rotatable bonds is 4. The first-order chi connectivity index (χ1) is 11.4. The summed E-state index contributed by atoms with van der Waals surface area (Å²) in [5.74, 6) is 0.648. The number of nitrogens with two attached hydrogens (primary N) is 1. The summed E-state index contributed by atoms with van der Waals surface area (Å²) < 4.78 is 31.3. The summed E-state index contributed by atoms with van der Waals surface area (Å²) in [6.45, 7) is 0. The molecule has 2 heterocycles. The highest BCUT2D eigenvalue weighted by Gasteiger charge is 2.20. The summed E-state index contributed by atoms with van der Waals surface area (Å²) in [7, 11) is -2.12. The summed E-state index contributed by atoms with van der Waals surface area (Å²) in [4.78, 5) is 15.7. The smallest absolute Gasteiger partial charge is 0.286 e. The fourth-order valence-electron chi connectivity index (χ4n) is 2.06. The van der Waals surface area contributed by atoms with Crippen molar-refractivity contribution in [3.63, 3.8) is 0 Å². The van der Waals surface area contributed by atoms with Crippen LogP contribution in [0.15, 0.2) is 55.6 Å². The first-order valence-corrected chi connectivity index (χ1v) is 9.11. The third kappa shape index (κ3) is 3.28. The topological polar surface area (TPSA) is 115 Å². The Kier molecular flexibility index (Phi) is 4.31. The molecule has 124 valence electrons. The van der Waals surface area contributed by atoms with Crippen LogP contribution in [0.2, 0.25) is 0 Å². The first-order valence-electron chi connectivity index (χ1n) is 6.81. The van der Waals surface area contributed by atoms with Crippen LogP contribution in [0.5, 0.6) is 0 Å². The Morgan fingerprint density at radius 3 is 2.50 bits per heavy atom. The highest BCUT2D eigenvalue weighted by Crippen LogP contribution is 2.29. The predicted octanol–water partition coefficient (Wildman–Crippen LogP) is 1.78. The normalized spacial score (nSPS) is 16.6. The SMILES string of the molecule is CNS(=O)(=O)c1ccc(-c2ccc(/C=C3\SC(N)=NC3=O)o2)cc1.